The Kier molecular flexibility index (Phi) is 8.66. The minimum Gasteiger partial charge on any atom is -0.383 e. The summed E-state index contributed by atoms with van der Waals surface area (Å²) in [5.74, 6) is 0.244. The van der Waals surface area contributed by atoms with Crippen molar-refractivity contribution in [2.24, 2.45) is 0 Å². The molecule has 1 aromatic heterocycles. The molecule has 0 spiro atoms. The third-order valence-electron chi connectivity index (χ3n) is 2.90. The van der Waals surface area contributed by atoms with Gasteiger partial charge in [-0.05, 0) is 24.4 Å². The van der Waals surface area contributed by atoms with Crippen molar-refractivity contribution in [3.63, 3.8) is 0 Å². The van der Waals surface area contributed by atoms with E-state index in [2.05, 4.69) is 4.90 Å². The van der Waals surface area contributed by atoms with Crippen LogP contribution in [0.25, 0.3) is 0 Å². The summed E-state index contributed by atoms with van der Waals surface area (Å²) < 4.78 is 10.2. The number of hydrogen-bond acceptors (Lipinski definition) is 5. The maximum atomic E-state index is 11.9. The van der Waals surface area contributed by atoms with Gasteiger partial charge in [-0.2, -0.15) is 0 Å². The lowest BCUT2D eigenvalue weighted by atomic mass is 10.2. The summed E-state index contributed by atoms with van der Waals surface area (Å²) in [4.78, 5) is 15.0. The molecule has 108 valence electrons. The number of hydrogen-bond donors (Lipinski definition) is 0. The summed E-state index contributed by atoms with van der Waals surface area (Å²) in [5, 5.41) is 1.94. The fourth-order valence-electron chi connectivity index (χ4n) is 1.80. The van der Waals surface area contributed by atoms with Crippen molar-refractivity contribution in [2.45, 2.75) is 12.8 Å². The number of carbonyl (C=O) groups excluding carboxylic acids is 1. The Labute approximate surface area is 119 Å². The molecular weight excluding hydrogens is 262 g/mol. The summed E-state index contributed by atoms with van der Waals surface area (Å²) in [6.07, 6.45) is 1.49. The van der Waals surface area contributed by atoms with E-state index in [9.17, 15) is 4.79 Å². The van der Waals surface area contributed by atoms with Crippen LogP contribution in [0.5, 0.6) is 0 Å². The second-order valence-electron chi connectivity index (χ2n) is 4.33. The summed E-state index contributed by atoms with van der Waals surface area (Å²) in [6, 6.07) is 3.81. The average molecular weight is 285 g/mol. The first kappa shape index (κ1) is 16.3. The first-order valence-electron chi connectivity index (χ1n) is 6.55. The van der Waals surface area contributed by atoms with Crippen molar-refractivity contribution in [3.8, 4) is 0 Å². The molecule has 0 atom stereocenters. The van der Waals surface area contributed by atoms with Crippen LogP contribution in [0.1, 0.15) is 22.5 Å². The van der Waals surface area contributed by atoms with Gasteiger partial charge < -0.3 is 9.47 Å². The van der Waals surface area contributed by atoms with Crippen molar-refractivity contribution in [1.29, 1.82) is 0 Å². The molecule has 0 N–H and O–H groups in total. The number of methoxy groups -OCH3 is 2. The van der Waals surface area contributed by atoms with Crippen LogP contribution in [-0.2, 0) is 9.47 Å². The lowest BCUT2D eigenvalue weighted by Gasteiger charge is -2.21. The maximum absolute atomic E-state index is 11.9. The van der Waals surface area contributed by atoms with Gasteiger partial charge in [-0.1, -0.05) is 6.07 Å². The predicted molar refractivity (Wildman–Crippen MR) is 78.1 cm³/mol. The van der Waals surface area contributed by atoms with E-state index < -0.39 is 0 Å². The van der Waals surface area contributed by atoms with E-state index in [1.54, 1.807) is 14.2 Å². The van der Waals surface area contributed by atoms with Crippen LogP contribution in [0.2, 0.25) is 0 Å². The van der Waals surface area contributed by atoms with Crippen LogP contribution in [0.3, 0.4) is 0 Å². The Bertz CT molecular complexity index is 332. The number of thiophene rings is 1. The largest absolute Gasteiger partial charge is 0.383 e. The molecule has 0 bridgehead atoms. The van der Waals surface area contributed by atoms with Gasteiger partial charge in [0.15, 0.2) is 5.78 Å². The maximum Gasteiger partial charge on any atom is 0.172 e. The number of ketones is 1. The summed E-state index contributed by atoms with van der Waals surface area (Å²) >= 11 is 1.51. The van der Waals surface area contributed by atoms with Gasteiger partial charge in [-0.3, -0.25) is 9.69 Å². The molecule has 0 saturated carbocycles. The van der Waals surface area contributed by atoms with Crippen molar-refractivity contribution in [2.75, 3.05) is 47.1 Å². The highest BCUT2D eigenvalue weighted by Gasteiger charge is 2.09. The monoisotopic (exact) mass is 285 g/mol. The fraction of sp³-hybridized carbons (Fsp3) is 0.643. The number of carbonyl (C=O) groups is 1. The molecule has 0 aliphatic carbocycles. The first-order valence-corrected chi connectivity index (χ1v) is 7.43. The van der Waals surface area contributed by atoms with Gasteiger partial charge in [0.25, 0.3) is 0 Å². The van der Waals surface area contributed by atoms with Crippen LogP contribution in [0, 0.1) is 0 Å². The van der Waals surface area contributed by atoms with Gasteiger partial charge >= 0.3 is 0 Å². The second-order valence-corrected chi connectivity index (χ2v) is 5.28. The van der Waals surface area contributed by atoms with Gasteiger partial charge in [0.05, 0.1) is 18.1 Å². The van der Waals surface area contributed by atoms with Crippen molar-refractivity contribution < 1.29 is 14.3 Å². The highest BCUT2D eigenvalue weighted by Crippen LogP contribution is 2.12. The molecule has 5 heteroatoms. The molecule has 0 amide bonds. The first-order chi connectivity index (χ1) is 9.27. The molecule has 0 aliphatic rings. The lowest BCUT2D eigenvalue weighted by molar-refractivity contribution is 0.0959. The van der Waals surface area contributed by atoms with Crippen molar-refractivity contribution in [3.05, 3.63) is 22.4 Å². The minimum absolute atomic E-state index is 0.244. The number of Topliss-reactive ketones (excluding diaryl/α,β-unsaturated/α-hetero) is 1. The van der Waals surface area contributed by atoms with Crippen LogP contribution >= 0.6 is 11.3 Å². The molecule has 0 radical (unpaired) electrons. The third kappa shape index (κ3) is 6.82. The van der Waals surface area contributed by atoms with E-state index in [0.717, 1.165) is 30.9 Å². The van der Waals surface area contributed by atoms with E-state index in [1.807, 2.05) is 17.5 Å². The van der Waals surface area contributed by atoms with Gasteiger partial charge in [0.2, 0.25) is 0 Å². The lowest BCUT2D eigenvalue weighted by Crippen LogP contribution is -2.31. The molecule has 0 aliphatic heterocycles. The van der Waals surface area contributed by atoms with Gasteiger partial charge in [-0.25, -0.2) is 0 Å². The molecule has 0 fully saturated rings. The number of nitrogens with zero attached hydrogens (tertiary/aromatic N) is 1. The van der Waals surface area contributed by atoms with Crippen LogP contribution in [0.15, 0.2) is 17.5 Å². The summed E-state index contributed by atoms with van der Waals surface area (Å²) in [5.41, 5.74) is 0. The molecule has 1 heterocycles. The normalized spacial score (nSPS) is 11.1. The fourth-order valence-corrected chi connectivity index (χ4v) is 2.49. The Morgan fingerprint density at radius 1 is 1.21 bits per heavy atom. The van der Waals surface area contributed by atoms with E-state index in [4.69, 9.17) is 9.47 Å². The molecule has 19 heavy (non-hydrogen) atoms. The minimum atomic E-state index is 0.244. The van der Waals surface area contributed by atoms with Gasteiger partial charge in [0.1, 0.15) is 0 Å². The van der Waals surface area contributed by atoms with E-state index in [1.165, 1.54) is 11.3 Å². The zero-order chi connectivity index (χ0) is 13.9. The quantitative estimate of drug-likeness (QED) is 0.585. The average Bonchev–Trinajstić information content (AvgIpc) is 2.95. The van der Waals surface area contributed by atoms with Crippen LogP contribution in [-0.4, -0.2) is 57.8 Å². The number of rotatable bonds is 11. The second kappa shape index (κ2) is 10.1. The van der Waals surface area contributed by atoms with Crippen molar-refractivity contribution >= 4 is 17.1 Å². The molecule has 4 nitrogen and oxygen atoms in total. The third-order valence-corrected chi connectivity index (χ3v) is 3.81. The van der Waals surface area contributed by atoms with Gasteiger partial charge in [0, 0.05) is 33.7 Å². The standard InChI is InChI=1S/C14H23NO3S/c1-17-10-8-15(9-11-18-2)7-3-5-13(16)14-6-4-12-19-14/h4,6,12H,3,5,7-11H2,1-2H3. The Balaban J connectivity index is 2.24. The zero-order valence-electron chi connectivity index (χ0n) is 11.8. The molecule has 0 aromatic carbocycles. The molecule has 1 rings (SSSR count). The number of ether oxygens (including phenoxy) is 2. The van der Waals surface area contributed by atoms with Crippen molar-refractivity contribution in [1.82, 2.24) is 4.90 Å². The molecule has 1 aromatic rings. The van der Waals surface area contributed by atoms with E-state index in [0.29, 0.717) is 19.6 Å². The zero-order valence-corrected chi connectivity index (χ0v) is 12.6. The molecule has 0 saturated heterocycles. The van der Waals surface area contributed by atoms with Gasteiger partial charge in [-0.15, -0.1) is 11.3 Å². The molecular formula is C14H23NO3S. The van der Waals surface area contributed by atoms with E-state index >= 15 is 0 Å². The smallest absolute Gasteiger partial charge is 0.172 e. The Morgan fingerprint density at radius 2 is 1.89 bits per heavy atom. The predicted octanol–water partition coefficient (Wildman–Crippen LogP) is 2.31. The highest BCUT2D eigenvalue weighted by molar-refractivity contribution is 7.12. The summed E-state index contributed by atoms with van der Waals surface area (Å²) in [6.45, 7) is 4.09. The topological polar surface area (TPSA) is 38.8 Å². The van der Waals surface area contributed by atoms with E-state index in [-0.39, 0.29) is 5.78 Å². The Morgan fingerprint density at radius 3 is 2.42 bits per heavy atom. The summed E-state index contributed by atoms with van der Waals surface area (Å²) in [7, 11) is 3.41. The SMILES string of the molecule is COCCN(CCCC(=O)c1cccs1)CCOC. The van der Waals surface area contributed by atoms with Crippen LogP contribution in [0.4, 0.5) is 0 Å². The molecule has 0 unspecified atom stereocenters. The van der Waals surface area contributed by atoms with Crippen LogP contribution < -0.4 is 0 Å². The highest BCUT2D eigenvalue weighted by atomic mass is 32.1. The Hall–Kier alpha value is -0.750.